The molecular weight excluding hydrogens is 583 g/mol. The van der Waals surface area contributed by atoms with Crippen LogP contribution in [0.3, 0.4) is 0 Å². The molecule has 5 rings (SSSR count). The Morgan fingerprint density at radius 3 is 2.41 bits per heavy atom. The molecule has 1 aliphatic carbocycles. The zero-order valence-electron chi connectivity index (χ0n) is 25.0. The van der Waals surface area contributed by atoms with Crippen LogP contribution in [-0.2, 0) is 4.79 Å². The van der Waals surface area contributed by atoms with E-state index in [1.165, 1.54) is 30.3 Å². The predicted molar refractivity (Wildman–Crippen MR) is 161 cm³/mol. The fraction of sp³-hybridized carbons (Fsp3) is 0.375. The van der Waals surface area contributed by atoms with Gasteiger partial charge in [-0.15, -0.1) is 0 Å². The molecule has 12 heteroatoms. The first-order valence-electron chi connectivity index (χ1n) is 13.9. The zero-order valence-corrected chi connectivity index (χ0v) is 25.0. The zero-order chi connectivity index (χ0) is 32.6. The van der Waals surface area contributed by atoms with Gasteiger partial charge in [-0.25, -0.2) is 9.37 Å². The first kappa shape index (κ1) is 34.1. The average molecular weight is 621 g/mol. The lowest BCUT2D eigenvalue weighted by molar-refractivity contribution is -0.150. The summed E-state index contributed by atoms with van der Waals surface area (Å²) in [6, 6.07) is 10.7. The van der Waals surface area contributed by atoms with Crippen LogP contribution in [0.25, 0.3) is 17.3 Å². The van der Waals surface area contributed by atoms with E-state index in [4.69, 9.17) is 20.9 Å². The fourth-order valence-electron chi connectivity index (χ4n) is 4.54. The number of halogens is 5. The number of aromatic nitrogens is 1. The lowest BCUT2D eigenvalue weighted by atomic mass is 9.95. The number of nitrogens with two attached hydrogens (primary N) is 2. The number of hydrogen-bond donors (Lipinski definition) is 3. The molecule has 7 nitrogen and oxygen atoms in total. The third-order valence-electron chi connectivity index (χ3n) is 6.82. The Hall–Kier alpha value is -4.35. The van der Waals surface area contributed by atoms with Gasteiger partial charge in [0.1, 0.15) is 28.9 Å². The second-order valence-electron chi connectivity index (χ2n) is 10.6. The van der Waals surface area contributed by atoms with Crippen molar-refractivity contribution >= 4 is 18.2 Å². The SMILES string of the molecule is C/C(N)=C/c1cc(C)cc(OC2CC2)c1N.CC1COc2c1cc(C(CNC=O)C(F)(F)F)nc2-c1ccc(F)cc1.CF. The van der Waals surface area contributed by atoms with E-state index in [0.717, 1.165) is 35.4 Å². The first-order valence-corrected chi connectivity index (χ1v) is 13.9. The summed E-state index contributed by atoms with van der Waals surface area (Å²) in [5, 5.41) is 2.08. The summed E-state index contributed by atoms with van der Waals surface area (Å²) in [5.41, 5.74) is 16.3. The maximum Gasteiger partial charge on any atom is 0.398 e. The number of nitrogens with one attached hydrogen (secondary N) is 1. The Labute approximate surface area is 253 Å². The Bertz CT molecular complexity index is 1450. The lowest BCUT2D eigenvalue weighted by Crippen LogP contribution is -2.32. The molecule has 3 aromatic rings. The smallest absolute Gasteiger partial charge is 0.398 e. The topological polar surface area (TPSA) is 112 Å². The van der Waals surface area contributed by atoms with Gasteiger partial charge in [-0.2, -0.15) is 13.2 Å². The van der Waals surface area contributed by atoms with Crippen LogP contribution >= 0.6 is 0 Å². The van der Waals surface area contributed by atoms with Crippen molar-refractivity contribution in [3.63, 3.8) is 0 Å². The van der Waals surface area contributed by atoms with E-state index < -0.39 is 24.5 Å². The number of benzene rings is 2. The minimum atomic E-state index is -4.58. The highest BCUT2D eigenvalue weighted by atomic mass is 19.4. The van der Waals surface area contributed by atoms with E-state index >= 15 is 0 Å². The van der Waals surface area contributed by atoms with Gasteiger partial charge in [0.25, 0.3) is 0 Å². The van der Waals surface area contributed by atoms with Crippen molar-refractivity contribution in [3.8, 4) is 22.8 Å². The number of allylic oxidation sites excluding steroid dienone is 1. The number of ether oxygens (including phenoxy) is 2. The number of pyridine rings is 1. The second-order valence-corrected chi connectivity index (χ2v) is 10.6. The fourth-order valence-corrected chi connectivity index (χ4v) is 4.54. The molecule has 2 heterocycles. The largest absolute Gasteiger partial charge is 0.490 e. The summed E-state index contributed by atoms with van der Waals surface area (Å²) >= 11 is 0. The third kappa shape index (κ3) is 8.84. The normalized spacial score (nSPS) is 16.3. The van der Waals surface area contributed by atoms with Crippen LogP contribution in [0.15, 0.2) is 48.2 Å². The van der Waals surface area contributed by atoms with E-state index in [1.807, 2.05) is 39.0 Å². The maximum absolute atomic E-state index is 13.5. The molecule has 2 atom stereocenters. The van der Waals surface area contributed by atoms with Crippen molar-refractivity contribution in [3.05, 3.63) is 76.4 Å². The molecule has 5 N–H and O–H groups in total. The molecule has 2 aromatic carbocycles. The van der Waals surface area contributed by atoms with Crippen molar-refractivity contribution in [1.82, 2.24) is 10.3 Å². The first-order chi connectivity index (χ1) is 20.9. The molecule has 2 unspecified atom stereocenters. The minimum absolute atomic E-state index is 0.0983. The van der Waals surface area contributed by atoms with Gasteiger partial charge >= 0.3 is 6.18 Å². The standard InChI is InChI=1S/C18H16F4N2O2.C13H18N2O.CH3F/c1-10-8-26-17-13(10)6-15(14(7-23-9-25)18(20,21)22)24-16(17)11-2-4-12(19)5-3-11;1-8-5-10(7-9(2)14)13(15)12(6-8)16-11-3-4-11;1-2/h2-6,9-10,14H,7-8H2,1H3,(H,23,25);5-7,11H,3-4,14-15H2,1-2H3;1H3/b;9-7-;. The van der Waals surface area contributed by atoms with Gasteiger partial charge in [-0.1, -0.05) is 6.92 Å². The second kappa shape index (κ2) is 14.9. The molecule has 1 amide bonds. The highest BCUT2D eigenvalue weighted by Crippen LogP contribution is 2.44. The van der Waals surface area contributed by atoms with Gasteiger partial charge in [-0.3, -0.25) is 9.18 Å². The van der Waals surface area contributed by atoms with Crippen LogP contribution in [0.1, 0.15) is 60.9 Å². The molecule has 1 saturated carbocycles. The summed E-state index contributed by atoms with van der Waals surface area (Å²) in [6.07, 6.45) is 0.143. The highest BCUT2D eigenvalue weighted by Gasteiger charge is 2.43. The highest BCUT2D eigenvalue weighted by molar-refractivity contribution is 5.72. The van der Waals surface area contributed by atoms with E-state index in [9.17, 15) is 26.7 Å². The number of alkyl halides is 4. The van der Waals surface area contributed by atoms with Gasteiger partial charge in [0.05, 0.1) is 31.3 Å². The summed E-state index contributed by atoms with van der Waals surface area (Å²) in [5.74, 6) is -1.31. The molecule has 1 fully saturated rings. The van der Waals surface area contributed by atoms with Gasteiger partial charge in [0.2, 0.25) is 6.41 Å². The summed E-state index contributed by atoms with van der Waals surface area (Å²) in [7, 11) is 0.500. The molecule has 1 aromatic heterocycles. The van der Waals surface area contributed by atoms with E-state index in [-0.39, 0.29) is 23.7 Å². The van der Waals surface area contributed by atoms with Crippen LogP contribution in [-0.4, -0.2) is 44.0 Å². The Kier molecular flexibility index (Phi) is 11.6. The maximum atomic E-state index is 13.5. The summed E-state index contributed by atoms with van der Waals surface area (Å²) in [6.45, 7) is 5.44. The number of anilines is 1. The van der Waals surface area contributed by atoms with Gasteiger partial charge in [0.15, 0.2) is 0 Å². The van der Waals surface area contributed by atoms with Gasteiger partial charge in [0, 0.05) is 34.9 Å². The number of carbonyl (C=O) groups excluding carboxylic acids is 1. The number of nitrogens with zero attached hydrogens (tertiary/aromatic N) is 1. The Morgan fingerprint density at radius 2 is 1.84 bits per heavy atom. The number of rotatable bonds is 8. The van der Waals surface area contributed by atoms with Crippen LogP contribution in [0.2, 0.25) is 0 Å². The van der Waals surface area contributed by atoms with Crippen LogP contribution in [0.5, 0.6) is 11.5 Å². The van der Waals surface area contributed by atoms with Crippen molar-refractivity contribution in [2.75, 3.05) is 26.1 Å². The third-order valence-corrected chi connectivity index (χ3v) is 6.82. The molecule has 0 bridgehead atoms. The molecule has 238 valence electrons. The molecule has 0 saturated heterocycles. The van der Waals surface area contributed by atoms with E-state index in [1.54, 1.807) is 0 Å². The number of amides is 1. The van der Waals surface area contributed by atoms with Gasteiger partial charge < -0.3 is 26.3 Å². The van der Waals surface area contributed by atoms with Crippen LogP contribution in [0.4, 0.5) is 27.6 Å². The molecule has 2 aliphatic rings. The molecule has 0 spiro atoms. The van der Waals surface area contributed by atoms with Crippen molar-refractivity contribution in [2.24, 2.45) is 5.73 Å². The predicted octanol–water partition coefficient (Wildman–Crippen LogP) is 6.80. The van der Waals surface area contributed by atoms with Gasteiger partial charge in [-0.05, 0) is 80.8 Å². The van der Waals surface area contributed by atoms with Crippen molar-refractivity contribution in [2.45, 2.75) is 57.7 Å². The summed E-state index contributed by atoms with van der Waals surface area (Å²) < 4.78 is 74.5. The quantitative estimate of drug-likeness (QED) is 0.145. The van der Waals surface area contributed by atoms with Crippen molar-refractivity contribution < 1.29 is 36.2 Å². The molecular formula is C32H37F5N4O3. The molecule has 44 heavy (non-hydrogen) atoms. The number of carbonyl (C=O) groups is 1. The number of fused-ring (bicyclic) bond motifs is 1. The van der Waals surface area contributed by atoms with E-state index in [0.29, 0.717) is 42.5 Å². The minimum Gasteiger partial charge on any atom is -0.490 e. The Morgan fingerprint density at radius 1 is 1.18 bits per heavy atom. The Balaban J connectivity index is 0.000000251. The molecule has 0 radical (unpaired) electrons. The van der Waals surface area contributed by atoms with Crippen LogP contribution < -0.4 is 26.3 Å². The lowest BCUT2D eigenvalue weighted by Gasteiger charge is -2.21. The number of nitrogen functional groups attached to an aromatic ring is 1. The number of hydrogen-bond acceptors (Lipinski definition) is 6. The van der Waals surface area contributed by atoms with Crippen molar-refractivity contribution in [1.29, 1.82) is 0 Å². The summed E-state index contributed by atoms with van der Waals surface area (Å²) in [4.78, 5) is 14.6. The van der Waals surface area contributed by atoms with Crippen LogP contribution in [0, 0.1) is 12.7 Å². The van der Waals surface area contributed by atoms with E-state index in [2.05, 4.69) is 10.3 Å². The molecule has 1 aliphatic heterocycles. The average Bonchev–Trinajstić information content (AvgIpc) is 3.71. The monoisotopic (exact) mass is 620 g/mol. The number of aryl methyl sites for hydroxylation is 1.